The van der Waals surface area contributed by atoms with Crippen LogP contribution in [-0.4, -0.2) is 17.3 Å². The van der Waals surface area contributed by atoms with Crippen LogP contribution in [0.3, 0.4) is 0 Å². The zero-order valence-electron chi connectivity index (χ0n) is 7.70. The monoisotopic (exact) mass is 196 g/mol. The zero-order chi connectivity index (χ0) is 9.84. The molecule has 0 amide bonds. The summed E-state index contributed by atoms with van der Waals surface area (Å²) < 4.78 is 0. The highest BCUT2D eigenvalue weighted by molar-refractivity contribution is 7.98. The summed E-state index contributed by atoms with van der Waals surface area (Å²) in [5.41, 5.74) is 2.06. The van der Waals surface area contributed by atoms with Gasteiger partial charge in [0.05, 0.1) is 6.42 Å². The third kappa shape index (κ3) is 2.77. The molecule has 2 nitrogen and oxygen atoms in total. The average Bonchev–Trinajstić information content (AvgIpc) is 2.07. The van der Waals surface area contributed by atoms with Crippen LogP contribution in [0.15, 0.2) is 23.1 Å². The maximum Gasteiger partial charge on any atom is 0.307 e. The minimum Gasteiger partial charge on any atom is -0.481 e. The Balaban J connectivity index is 2.92. The number of carbonyl (C=O) groups is 1. The number of carboxylic acid groups (broad SMARTS) is 1. The number of benzene rings is 1. The first-order valence-electron chi connectivity index (χ1n) is 3.99. The Morgan fingerprint density at radius 2 is 2.23 bits per heavy atom. The Morgan fingerprint density at radius 1 is 1.54 bits per heavy atom. The van der Waals surface area contributed by atoms with Gasteiger partial charge in [0.25, 0.3) is 0 Å². The highest BCUT2D eigenvalue weighted by Crippen LogP contribution is 2.21. The number of thioether (sulfide) groups is 1. The first kappa shape index (κ1) is 10.1. The summed E-state index contributed by atoms with van der Waals surface area (Å²) >= 11 is 1.64. The molecular weight excluding hydrogens is 184 g/mol. The largest absolute Gasteiger partial charge is 0.481 e. The van der Waals surface area contributed by atoms with Gasteiger partial charge in [-0.15, -0.1) is 11.8 Å². The van der Waals surface area contributed by atoms with Crippen LogP contribution in [-0.2, 0) is 11.2 Å². The van der Waals surface area contributed by atoms with E-state index in [2.05, 4.69) is 0 Å². The van der Waals surface area contributed by atoms with E-state index in [1.807, 2.05) is 31.4 Å². The number of aryl methyl sites for hydroxylation is 1. The van der Waals surface area contributed by atoms with Gasteiger partial charge in [-0.05, 0) is 30.4 Å². The van der Waals surface area contributed by atoms with Gasteiger partial charge in [-0.1, -0.05) is 12.1 Å². The van der Waals surface area contributed by atoms with E-state index in [-0.39, 0.29) is 6.42 Å². The molecule has 0 aliphatic heterocycles. The van der Waals surface area contributed by atoms with Crippen LogP contribution in [0.25, 0.3) is 0 Å². The summed E-state index contributed by atoms with van der Waals surface area (Å²) in [6, 6.07) is 5.77. The van der Waals surface area contributed by atoms with Gasteiger partial charge in [0, 0.05) is 4.90 Å². The third-order valence-electron chi connectivity index (χ3n) is 1.83. The summed E-state index contributed by atoms with van der Waals surface area (Å²) in [5.74, 6) is -0.782. The normalized spacial score (nSPS) is 10.0. The maximum absolute atomic E-state index is 10.4. The SMILES string of the molecule is CSc1cc(CC(=O)O)ccc1C. The molecule has 0 atom stereocenters. The molecule has 0 radical (unpaired) electrons. The lowest BCUT2D eigenvalue weighted by molar-refractivity contribution is -0.136. The molecule has 13 heavy (non-hydrogen) atoms. The fourth-order valence-corrected chi connectivity index (χ4v) is 1.81. The fraction of sp³-hybridized carbons (Fsp3) is 0.300. The lowest BCUT2D eigenvalue weighted by atomic mass is 10.1. The van der Waals surface area contributed by atoms with Gasteiger partial charge in [0.2, 0.25) is 0 Å². The van der Waals surface area contributed by atoms with Gasteiger partial charge >= 0.3 is 5.97 Å². The molecule has 0 heterocycles. The van der Waals surface area contributed by atoms with Crippen molar-refractivity contribution in [3.8, 4) is 0 Å². The van der Waals surface area contributed by atoms with E-state index in [0.717, 1.165) is 10.5 Å². The van der Waals surface area contributed by atoms with Crippen molar-refractivity contribution in [2.24, 2.45) is 0 Å². The van der Waals surface area contributed by atoms with Gasteiger partial charge in [0.15, 0.2) is 0 Å². The highest BCUT2D eigenvalue weighted by atomic mass is 32.2. The predicted octanol–water partition coefficient (Wildman–Crippen LogP) is 2.34. The van der Waals surface area contributed by atoms with Crippen LogP contribution >= 0.6 is 11.8 Å². The minimum absolute atomic E-state index is 0.105. The van der Waals surface area contributed by atoms with E-state index in [0.29, 0.717) is 0 Å². The Hall–Kier alpha value is -0.960. The number of rotatable bonds is 3. The summed E-state index contributed by atoms with van der Waals surface area (Å²) in [4.78, 5) is 11.6. The predicted molar refractivity (Wildman–Crippen MR) is 54.3 cm³/mol. The second kappa shape index (κ2) is 4.33. The van der Waals surface area contributed by atoms with Crippen molar-refractivity contribution in [2.75, 3.05) is 6.26 Å². The number of hydrogen-bond donors (Lipinski definition) is 1. The van der Waals surface area contributed by atoms with E-state index >= 15 is 0 Å². The topological polar surface area (TPSA) is 37.3 Å². The van der Waals surface area contributed by atoms with Gasteiger partial charge in [-0.25, -0.2) is 0 Å². The second-order valence-electron chi connectivity index (χ2n) is 2.87. The van der Waals surface area contributed by atoms with E-state index in [1.165, 1.54) is 5.56 Å². The summed E-state index contributed by atoms with van der Waals surface area (Å²) in [6.45, 7) is 2.02. The highest BCUT2D eigenvalue weighted by Gasteiger charge is 2.02. The third-order valence-corrected chi connectivity index (χ3v) is 2.71. The lowest BCUT2D eigenvalue weighted by Gasteiger charge is -2.04. The van der Waals surface area contributed by atoms with Crippen molar-refractivity contribution in [1.29, 1.82) is 0 Å². The molecule has 0 unspecified atom stereocenters. The van der Waals surface area contributed by atoms with Crippen molar-refractivity contribution < 1.29 is 9.90 Å². The van der Waals surface area contributed by atoms with Gasteiger partial charge < -0.3 is 5.11 Å². The maximum atomic E-state index is 10.4. The fourth-order valence-electron chi connectivity index (χ4n) is 1.15. The molecule has 0 fully saturated rings. The summed E-state index contributed by atoms with van der Waals surface area (Å²) in [5, 5.41) is 8.59. The first-order chi connectivity index (χ1) is 6.13. The average molecular weight is 196 g/mol. The van der Waals surface area contributed by atoms with Crippen molar-refractivity contribution in [3.05, 3.63) is 29.3 Å². The molecule has 1 aromatic carbocycles. The summed E-state index contributed by atoms with van der Waals surface area (Å²) in [7, 11) is 0. The van der Waals surface area contributed by atoms with Crippen molar-refractivity contribution >= 4 is 17.7 Å². The van der Waals surface area contributed by atoms with Gasteiger partial charge in [-0.3, -0.25) is 4.79 Å². The molecule has 0 aliphatic carbocycles. The van der Waals surface area contributed by atoms with Crippen LogP contribution in [0.4, 0.5) is 0 Å². The molecule has 0 saturated heterocycles. The van der Waals surface area contributed by atoms with Crippen molar-refractivity contribution in [2.45, 2.75) is 18.2 Å². The number of carboxylic acids is 1. The second-order valence-corrected chi connectivity index (χ2v) is 3.72. The van der Waals surface area contributed by atoms with Crippen LogP contribution in [0.1, 0.15) is 11.1 Å². The van der Waals surface area contributed by atoms with Crippen molar-refractivity contribution in [3.63, 3.8) is 0 Å². The Kier molecular flexibility index (Phi) is 3.37. The Bertz CT molecular complexity index is 321. The van der Waals surface area contributed by atoms with Crippen LogP contribution in [0.2, 0.25) is 0 Å². The zero-order valence-corrected chi connectivity index (χ0v) is 8.52. The standard InChI is InChI=1S/C10H12O2S/c1-7-3-4-8(6-10(11)12)5-9(7)13-2/h3-5H,6H2,1-2H3,(H,11,12). The Labute approximate surface area is 82.0 Å². The molecule has 3 heteroatoms. The van der Waals surface area contributed by atoms with E-state index in [4.69, 9.17) is 5.11 Å². The minimum atomic E-state index is -0.782. The molecule has 0 bridgehead atoms. The number of aliphatic carboxylic acids is 1. The van der Waals surface area contributed by atoms with Crippen LogP contribution in [0, 0.1) is 6.92 Å². The summed E-state index contributed by atoms with van der Waals surface area (Å²) in [6.07, 6.45) is 2.10. The van der Waals surface area contributed by atoms with Gasteiger partial charge in [0.1, 0.15) is 0 Å². The van der Waals surface area contributed by atoms with E-state index in [9.17, 15) is 4.79 Å². The molecule has 0 saturated carbocycles. The molecule has 1 rings (SSSR count). The van der Waals surface area contributed by atoms with Crippen molar-refractivity contribution in [1.82, 2.24) is 0 Å². The van der Waals surface area contributed by atoms with Gasteiger partial charge in [-0.2, -0.15) is 0 Å². The van der Waals surface area contributed by atoms with Crippen LogP contribution < -0.4 is 0 Å². The molecule has 0 aliphatic rings. The molecule has 1 aromatic rings. The molecular formula is C10H12O2S. The smallest absolute Gasteiger partial charge is 0.307 e. The quantitative estimate of drug-likeness (QED) is 0.754. The first-order valence-corrected chi connectivity index (χ1v) is 5.21. The lowest BCUT2D eigenvalue weighted by Crippen LogP contribution is -2.00. The molecule has 0 spiro atoms. The van der Waals surface area contributed by atoms with E-state index < -0.39 is 5.97 Å². The number of hydrogen-bond acceptors (Lipinski definition) is 2. The molecule has 70 valence electrons. The Morgan fingerprint density at radius 3 is 2.77 bits per heavy atom. The van der Waals surface area contributed by atoms with Crippen LogP contribution in [0.5, 0.6) is 0 Å². The van der Waals surface area contributed by atoms with E-state index in [1.54, 1.807) is 11.8 Å². The molecule has 0 aromatic heterocycles. The molecule has 1 N–H and O–H groups in total.